The molecule has 1 saturated carbocycles. The van der Waals surface area contributed by atoms with E-state index in [2.05, 4.69) is 92.5 Å². The molecule has 47 heavy (non-hydrogen) atoms. The van der Waals surface area contributed by atoms with Crippen molar-refractivity contribution < 1.29 is 14.3 Å². The number of hydrogen-bond acceptors (Lipinski definition) is 4. The van der Waals surface area contributed by atoms with Crippen LogP contribution in [-0.4, -0.2) is 37.9 Å². The third-order valence-corrected chi connectivity index (χ3v) is 8.83. The number of carbonyl (C=O) groups excluding carboxylic acids is 2. The maximum Gasteiger partial charge on any atom is 0.407 e. The van der Waals surface area contributed by atoms with Crippen molar-refractivity contribution in [2.75, 3.05) is 20.2 Å². The first-order valence-corrected chi connectivity index (χ1v) is 18.3. The summed E-state index contributed by atoms with van der Waals surface area (Å²) in [5.41, 5.74) is 4.38. The lowest BCUT2D eigenvalue weighted by atomic mass is 9.80. The molecule has 1 heterocycles. The number of carbonyl (C=O) groups is 2. The SMILES string of the molecule is CC.CC.CC/C=C\C(=C\CC(CC)C1=CC(C(=O)NCC2C=CC(CNC(=O)OC)=CC2)C2C=CC=CC2=N1)CC.C[C@@H]1C[C@@H]1C. The van der Waals surface area contributed by atoms with Gasteiger partial charge in [0.2, 0.25) is 5.91 Å². The summed E-state index contributed by atoms with van der Waals surface area (Å²) in [6.45, 7) is 20.1. The summed E-state index contributed by atoms with van der Waals surface area (Å²) in [5, 5.41) is 5.90. The van der Waals surface area contributed by atoms with Gasteiger partial charge in [0.05, 0.1) is 13.0 Å². The minimum absolute atomic E-state index is 0.0340. The van der Waals surface area contributed by atoms with Crippen molar-refractivity contribution in [3.05, 3.63) is 83.7 Å². The Morgan fingerprint density at radius 1 is 1.02 bits per heavy atom. The van der Waals surface area contributed by atoms with E-state index >= 15 is 0 Å². The minimum atomic E-state index is -0.441. The molecular weight excluding hydrogens is 582 g/mol. The molecule has 1 aliphatic heterocycles. The third-order valence-electron chi connectivity index (χ3n) is 8.83. The number of fused-ring (bicyclic) bond motifs is 1. The van der Waals surface area contributed by atoms with E-state index in [-0.39, 0.29) is 29.6 Å². The molecule has 6 atom stereocenters. The Bertz CT molecular complexity index is 1190. The molecule has 0 bridgehead atoms. The summed E-state index contributed by atoms with van der Waals surface area (Å²) in [5.74, 6) is 2.34. The fraction of sp³-hybridized carbons (Fsp3) is 0.585. The molecule has 3 aliphatic carbocycles. The highest BCUT2D eigenvalue weighted by molar-refractivity contribution is 6.04. The molecule has 0 saturated heterocycles. The quantitative estimate of drug-likeness (QED) is 0.207. The molecule has 0 aromatic rings. The van der Waals surface area contributed by atoms with Crippen molar-refractivity contribution in [3.63, 3.8) is 0 Å². The smallest absolute Gasteiger partial charge is 0.407 e. The van der Waals surface area contributed by atoms with Crippen LogP contribution in [0.1, 0.15) is 101 Å². The molecule has 262 valence electrons. The third kappa shape index (κ3) is 14.9. The van der Waals surface area contributed by atoms with Crippen LogP contribution in [0.15, 0.2) is 88.7 Å². The topological polar surface area (TPSA) is 79.8 Å². The highest BCUT2D eigenvalue weighted by Gasteiger charge is 2.33. The molecule has 0 spiro atoms. The van der Waals surface area contributed by atoms with Crippen molar-refractivity contribution in [3.8, 4) is 0 Å². The zero-order valence-corrected chi connectivity index (χ0v) is 31.1. The van der Waals surface area contributed by atoms with Crippen molar-refractivity contribution in [2.45, 2.75) is 101 Å². The molecule has 1 fully saturated rings. The van der Waals surface area contributed by atoms with Crippen molar-refractivity contribution in [1.82, 2.24) is 10.6 Å². The predicted octanol–water partition coefficient (Wildman–Crippen LogP) is 10.1. The molecule has 6 nitrogen and oxygen atoms in total. The van der Waals surface area contributed by atoms with Gasteiger partial charge in [0.15, 0.2) is 0 Å². The number of hydrogen-bond donors (Lipinski definition) is 2. The predicted molar refractivity (Wildman–Crippen MR) is 201 cm³/mol. The van der Waals surface area contributed by atoms with Crippen LogP contribution < -0.4 is 10.6 Å². The van der Waals surface area contributed by atoms with Crippen molar-refractivity contribution in [1.29, 1.82) is 0 Å². The van der Waals surface area contributed by atoms with E-state index in [1.807, 2.05) is 52.0 Å². The first kappa shape index (κ1) is 41.6. The first-order valence-electron chi connectivity index (χ1n) is 18.3. The molecule has 2 amide bonds. The van der Waals surface area contributed by atoms with Gasteiger partial charge in [-0.05, 0) is 74.0 Å². The van der Waals surface area contributed by atoms with Gasteiger partial charge in [0.1, 0.15) is 0 Å². The van der Waals surface area contributed by atoms with Gasteiger partial charge in [0.25, 0.3) is 0 Å². The van der Waals surface area contributed by atoms with Gasteiger partial charge in [-0.25, -0.2) is 4.79 Å². The fourth-order valence-corrected chi connectivity index (χ4v) is 5.39. The Labute approximate surface area is 287 Å². The second-order valence-corrected chi connectivity index (χ2v) is 12.1. The molecule has 6 heteroatoms. The van der Waals surface area contributed by atoms with Crippen LogP contribution in [0, 0.1) is 35.5 Å². The number of aliphatic imine (C=N–C) groups is 1. The standard InChI is InChI=1S/C32H43N3O3.C5H10.2C2H6/c1-5-8-11-23(6-2)18-19-26(7-3)30-20-28(27-12-9-10-13-29(27)35-30)31(36)33-21-24-14-16-25(17-15-24)22-34-32(37)38-4;1-4-3-5(4)2;2*1-2/h8-14,16-18,20,24,26-28H,5-7,15,19,21-22H2,1-4H3,(H,33,36)(H,34,37);4-5H,3H2,1-2H3;2*1-2H3/b11-8-,23-18+;;;/t;4-,5+;;. The van der Waals surface area contributed by atoms with Gasteiger partial charge >= 0.3 is 6.09 Å². The van der Waals surface area contributed by atoms with E-state index in [9.17, 15) is 9.59 Å². The lowest BCUT2D eigenvalue weighted by molar-refractivity contribution is -0.124. The largest absolute Gasteiger partial charge is 0.453 e. The van der Waals surface area contributed by atoms with E-state index in [1.54, 1.807) is 0 Å². The zero-order chi connectivity index (χ0) is 35.2. The number of nitrogens with zero attached hydrogens (tertiary/aromatic N) is 1. The van der Waals surface area contributed by atoms with Crippen LogP contribution >= 0.6 is 0 Å². The van der Waals surface area contributed by atoms with E-state index in [0.29, 0.717) is 13.1 Å². The van der Waals surface area contributed by atoms with E-state index in [1.165, 1.54) is 19.1 Å². The van der Waals surface area contributed by atoms with E-state index < -0.39 is 6.09 Å². The number of alkyl carbamates (subject to hydrolysis) is 1. The summed E-state index contributed by atoms with van der Waals surface area (Å²) in [7, 11) is 1.35. The number of allylic oxidation sites excluding steroid dienone is 10. The number of methoxy groups -OCH3 is 1. The number of nitrogens with one attached hydrogen (secondary N) is 2. The summed E-state index contributed by atoms with van der Waals surface area (Å²) < 4.78 is 4.62. The molecule has 4 unspecified atom stereocenters. The highest BCUT2D eigenvalue weighted by atomic mass is 16.5. The Hall–Kier alpha value is -3.41. The molecular formula is C41H65N3O3. The monoisotopic (exact) mass is 648 g/mol. The van der Waals surface area contributed by atoms with Gasteiger partial charge in [-0.3, -0.25) is 9.79 Å². The average molecular weight is 648 g/mol. The van der Waals surface area contributed by atoms with Crippen LogP contribution in [0.3, 0.4) is 0 Å². The first-order chi connectivity index (χ1) is 22.8. The molecule has 4 rings (SSSR count). The van der Waals surface area contributed by atoms with Gasteiger partial charge in [-0.2, -0.15) is 0 Å². The van der Waals surface area contributed by atoms with Gasteiger partial charge < -0.3 is 15.4 Å². The summed E-state index contributed by atoms with van der Waals surface area (Å²) in [4.78, 5) is 29.8. The lowest BCUT2D eigenvalue weighted by Gasteiger charge is -2.30. The molecule has 0 radical (unpaired) electrons. The van der Waals surface area contributed by atoms with Crippen LogP contribution in [0.4, 0.5) is 4.79 Å². The summed E-state index contributed by atoms with van der Waals surface area (Å²) >= 11 is 0. The lowest BCUT2D eigenvalue weighted by Crippen LogP contribution is -2.40. The highest BCUT2D eigenvalue weighted by Crippen LogP contribution is 2.36. The van der Waals surface area contributed by atoms with Gasteiger partial charge in [-0.1, -0.05) is 123 Å². The van der Waals surface area contributed by atoms with Crippen molar-refractivity contribution >= 4 is 17.7 Å². The second-order valence-electron chi connectivity index (χ2n) is 12.1. The summed E-state index contributed by atoms with van der Waals surface area (Å²) in [6, 6.07) is 0. The Kier molecular flexibility index (Phi) is 21.1. The van der Waals surface area contributed by atoms with Crippen LogP contribution in [0.25, 0.3) is 0 Å². The summed E-state index contributed by atoms with van der Waals surface area (Å²) in [6.07, 6.45) is 29.0. The van der Waals surface area contributed by atoms with Gasteiger partial charge in [-0.15, -0.1) is 0 Å². The minimum Gasteiger partial charge on any atom is -0.453 e. The van der Waals surface area contributed by atoms with Crippen LogP contribution in [-0.2, 0) is 9.53 Å². The van der Waals surface area contributed by atoms with E-state index in [0.717, 1.165) is 60.9 Å². The average Bonchev–Trinajstić information content (AvgIpc) is 3.79. The zero-order valence-electron chi connectivity index (χ0n) is 31.1. The Morgan fingerprint density at radius 3 is 2.28 bits per heavy atom. The molecule has 0 aromatic heterocycles. The van der Waals surface area contributed by atoms with Crippen molar-refractivity contribution in [2.24, 2.45) is 40.5 Å². The molecule has 0 aromatic carbocycles. The van der Waals surface area contributed by atoms with Crippen LogP contribution in [0.5, 0.6) is 0 Å². The molecule has 2 N–H and O–H groups in total. The molecule has 4 aliphatic rings. The van der Waals surface area contributed by atoms with E-state index in [4.69, 9.17) is 4.99 Å². The number of rotatable bonds is 12. The Balaban J connectivity index is 0.00000108. The number of ether oxygens (including phenoxy) is 1. The Morgan fingerprint density at radius 2 is 1.72 bits per heavy atom. The second kappa shape index (κ2) is 23.8. The maximum atomic E-state index is 13.5. The fourth-order valence-electron chi connectivity index (χ4n) is 5.39. The maximum absolute atomic E-state index is 13.5. The number of amides is 2. The normalized spacial score (nSPS) is 24.3. The van der Waals surface area contributed by atoms with Gasteiger partial charge in [0, 0.05) is 36.3 Å². The van der Waals surface area contributed by atoms with Crippen LogP contribution in [0.2, 0.25) is 0 Å².